The van der Waals surface area contributed by atoms with Crippen molar-refractivity contribution in [3.63, 3.8) is 0 Å². The van der Waals surface area contributed by atoms with E-state index in [1.54, 1.807) is 49.6 Å². The van der Waals surface area contributed by atoms with Gasteiger partial charge in [0.1, 0.15) is 12.4 Å². The second-order valence-electron chi connectivity index (χ2n) is 6.54. The number of anilines is 1. The predicted octanol–water partition coefficient (Wildman–Crippen LogP) is 3.89. The topological polar surface area (TPSA) is 76.7 Å². The van der Waals surface area contributed by atoms with Gasteiger partial charge < -0.3 is 20.1 Å². The number of ether oxygens (including phenoxy) is 2. The van der Waals surface area contributed by atoms with Crippen molar-refractivity contribution < 1.29 is 19.1 Å². The van der Waals surface area contributed by atoms with E-state index in [4.69, 9.17) is 9.47 Å². The van der Waals surface area contributed by atoms with E-state index in [2.05, 4.69) is 10.6 Å². The SMILES string of the molecule is COCCOc1ccccc1C(=O)Nc1ccc(C(=O)NCc2ccccc2)cc1. The van der Waals surface area contributed by atoms with E-state index < -0.39 is 0 Å². The molecule has 3 aromatic carbocycles. The fraction of sp³-hybridized carbons (Fsp3) is 0.167. The molecule has 6 nitrogen and oxygen atoms in total. The average molecular weight is 404 g/mol. The maximum Gasteiger partial charge on any atom is 0.259 e. The van der Waals surface area contributed by atoms with Gasteiger partial charge in [0, 0.05) is 24.9 Å². The first-order valence-electron chi connectivity index (χ1n) is 9.61. The van der Waals surface area contributed by atoms with Crippen LogP contribution in [-0.2, 0) is 11.3 Å². The molecule has 0 aliphatic rings. The van der Waals surface area contributed by atoms with Crippen LogP contribution >= 0.6 is 0 Å². The van der Waals surface area contributed by atoms with Gasteiger partial charge in [0.05, 0.1) is 12.2 Å². The molecular formula is C24H24N2O4. The molecule has 0 aromatic heterocycles. The molecule has 0 fully saturated rings. The summed E-state index contributed by atoms with van der Waals surface area (Å²) in [5.41, 5.74) is 2.57. The van der Waals surface area contributed by atoms with Gasteiger partial charge in [0.15, 0.2) is 0 Å². The average Bonchev–Trinajstić information content (AvgIpc) is 2.79. The number of hydrogen-bond acceptors (Lipinski definition) is 4. The molecule has 0 radical (unpaired) electrons. The predicted molar refractivity (Wildman–Crippen MR) is 116 cm³/mol. The third-order valence-electron chi connectivity index (χ3n) is 4.38. The first kappa shape index (κ1) is 21.1. The van der Waals surface area contributed by atoms with Gasteiger partial charge in [-0.1, -0.05) is 42.5 Å². The maximum atomic E-state index is 12.6. The zero-order chi connectivity index (χ0) is 21.2. The summed E-state index contributed by atoms with van der Waals surface area (Å²) in [6.07, 6.45) is 0. The molecule has 2 N–H and O–H groups in total. The van der Waals surface area contributed by atoms with E-state index in [0.29, 0.717) is 42.3 Å². The van der Waals surface area contributed by atoms with Crippen molar-refractivity contribution in [3.8, 4) is 5.75 Å². The molecular weight excluding hydrogens is 380 g/mol. The number of hydrogen-bond donors (Lipinski definition) is 2. The minimum Gasteiger partial charge on any atom is -0.490 e. The number of carbonyl (C=O) groups is 2. The number of nitrogens with one attached hydrogen (secondary N) is 2. The van der Waals surface area contributed by atoms with Gasteiger partial charge in [0.2, 0.25) is 0 Å². The Morgan fingerprint density at radius 3 is 2.23 bits per heavy atom. The lowest BCUT2D eigenvalue weighted by atomic mass is 10.1. The van der Waals surface area contributed by atoms with E-state index in [9.17, 15) is 9.59 Å². The molecule has 0 heterocycles. The van der Waals surface area contributed by atoms with Crippen molar-refractivity contribution in [2.75, 3.05) is 25.6 Å². The smallest absolute Gasteiger partial charge is 0.259 e. The molecule has 3 rings (SSSR count). The Morgan fingerprint density at radius 1 is 0.800 bits per heavy atom. The highest BCUT2D eigenvalue weighted by Gasteiger charge is 2.13. The largest absolute Gasteiger partial charge is 0.490 e. The van der Waals surface area contributed by atoms with Crippen LogP contribution in [0.1, 0.15) is 26.3 Å². The molecule has 0 saturated heterocycles. The monoisotopic (exact) mass is 404 g/mol. The molecule has 0 aliphatic carbocycles. The van der Waals surface area contributed by atoms with Crippen LogP contribution in [0.3, 0.4) is 0 Å². The summed E-state index contributed by atoms with van der Waals surface area (Å²) in [6, 6.07) is 23.5. The Bertz CT molecular complexity index is 972. The van der Waals surface area contributed by atoms with E-state index in [1.165, 1.54) is 0 Å². The number of amides is 2. The highest BCUT2D eigenvalue weighted by atomic mass is 16.5. The summed E-state index contributed by atoms with van der Waals surface area (Å²) in [6.45, 7) is 1.25. The van der Waals surface area contributed by atoms with E-state index in [-0.39, 0.29) is 11.8 Å². The van der Waals surface area contributed by atoms with Crippen LogP contribution in [0.5, 0.6) is 5.75 Å². The summed E-state index contributed by atoms with van der Waals surface area (Å²) in [7, 11) is 1.59. The fourth-order valence-corrected chi connectivity index (χ4v) is 2.80. The van der Waals surface area contributed by atoms with Crippen LogP contribution in [0.4, 0.5) is 5.69 Å². The van der Waals surface area contributed by atoms with E-state index in [0.717, 1.165) is 5.56 Å². The van der Waals surface area contributed by atoms with Crippen molar-refractivity contribution >= 4 is 17.5 Å². The molecule has 6 heteroatoms. The Morgan fingerprint density at radius 2 is 1.50 bits per heavy atom. The lowest BCUT2D eigenvalue weighted by Gasteiger charge is -2.12. The lowest BCUT2D eigenvalue weighted by molar-refractivity contribution is 0.0950. The standard InChI is InChI=1S/C24H24N2O4/c1-29-15-16-30-22-10-6-5-9-21(22)24(28)26-20-13-11-19(12-14-20)23(27)25-17-18-7-3-2-4-8-18/h2-14H,15-17H2,1H3,(H,25,27)(H,26,28). The highest BCUT2D eigenvalue weighted by molar-refractivity contribution is 6.06. The van der Waals surface area contributed by atoms with Crippen LogP contribution in [0.2, 0.25) is 0 Å². The first-order valence-corrected chi connectivity index (χ1v) is 9.61. The second-order valence-corrected chi connectivity index (χ2v) is 6.54. The van der Waals surface area contributed by atoms with E-state index in [1.807, 2.05) is 36.4 Å². The molecule has 2 amide bonds. The Kier molecular flexibility index (Phi) is 7.58. The van der Waals surface area contributed by atoms with Crippen LogP contribution in [0.25, 0.3) is 0 Å². The van der Waals surface area contributed by atoms with Crippen molar-refractivity contribution in [3.05, 3.63) is 95.6 Å². The van der Waals surface area contributed by atoms with Gasteiger partial charge in [-0.05, 0) is 42.0 Å². The summed E-state index contributed by atoms with van der Waals surface area (Å²) in [5, 5.41) is 5.71. The number of para-hydroxylation sites is 1. The highest BCUT2D eigenvalue weighted by Crippen LogP contribution is 2.20. The third-order valence-corrected chi connectivity index (χ3v) is 4.38. The maximum absolute atomic E-state index is 12.6. The minimum absolute atomic E-state index is 0.173. The zero-order valence-electron chi connectivity index (χ0n) is 16.8. The van der Waals surface area contributed by atoms with Gasteiger partial charge >= 0.3 is 0 Å². The van der Waals surface area contributed by atoms with Gasteiger partial charge in [0.25, 0.3) is 11.8 Å². The first-order chi connectivity index (χ1) is 14.7. The van der Waals surface area contributed by atoms with Gasteiger partial charge in [-0.15, -0.1) is 0 Å². The molecule has 0 unspecified atom stereocenters. The lowest BCUT2D eigenvalue weighted by Crippen LogP contribution is -2.22. The third kappa shape index (κ3) is 5.93. The molecule has 0 aliphatic heterocycles. The minimum atomic E-state index is -0.288. The van der Waals surface area contributed by atoms with Crippen LogP contribution in [0, 0.1) is 0 Å². The number of methoxy groups -OCH3 is 1. The molecule has 0 bridgehead atoms. The summed E-state index contributed by atoms with van der Waals surface area (Å²) in [5.74, 6) is 0.0295. The quantitative estimate of drug-likeness (QED) is 0.531. The molecule has 0 saturated carbocycles. The van der Waals surface area contributed by atoms with Crippen molar-refractivity contribution in [1.29, 1.82) is 0 Å². The van der Waals surface area contributed by atoms with E-state index >= 15 is 0 Å². The summed E-state index contributed by atoms with van der Waals surface area (Å²) < 4.78 is 10.6. The summed E-state index contributed by atoms with van der Waals surface area (Å²) in [4.78, 5) is 25.0. The van der Waals surface area contributed by atoms with Gasteiger partial charge in [-0.3, -0.25) is 9.59 Å². The summed E-state index contributed by atoms with van der Waals surface area (Å²) >= 11 is 0. The Labute approximate surface area is 175 Å². The van der Waals surface area contributed by atoms with Crippen LogP contribution in [0.15, 0.2) is 78.9 Å². The Hall–Kier alpha value is -3.64. The molecule has 154 valence electrons. The van der Waals surface area contributed by atoms with Crippen LogP contribution < -0.4 is 15.4 Å². The second kappa shape index (κ2) is 10.8. The Balaban J connectivity index is 1.59. The van der Waals surface area contributed by atoms with Crippen molar-refractivity contribution in [2.45, 2.75) is 6.54 Å². The molecule has 0 atom stereocenters. The molecule has 0 spiro atoms. The zero-order valence-corrected chi connectivity index (χ0v) is 16.8. The molecule has 3 aromatic rings. The molecule has 30 heavy (non-hydrogen) atoms. The normalized spacial score (nSPS) is 10.3. The fourth-order valence-electron chi connectivity index (χ4n) is 2.80. The number of carbonyl (C=O) groups excluding carboxylic acids is 2. The number of rotatable bonds is 9. The van der Waals surface area contributed by atoms with Crippen molar-refractivity contribution in [1.82, 2.24) is 5.32 Å². The van der Waals surface area contributed by atoms with Gasteiger partial charge in [-0.25, -0.2) is 0 Å². The van der Waals surface area contributed by atoms with Gasteiger partial charge in [-0.2, -0.15) is 0 Å². The number of benzene rings is 3. The van der Waals surface area contributed by atoms with Crippen LogP contribution in [-0.4, -0.2) is 32.1 Å². The van der Waals surface area contributed by atoms with Crippen molar-refractivity contribution in [2.24, 2.45) is 0 Å².